The molecule has 0 aliphatic heterocycles. The number of ether oxygens (including phenoxy) is 1. The standard InChI is InChI=1S/C21H24N2O4/c1-2-27-19(8-5-9-22)20-17(24)11-14(12-18(20)25)15-10-13-6-3-4-7-16(13)23-21(15)26/h3-4,6-7,10,14H,2,5,8-9,11-12,22H2,1H3,(H,23,26). The first-order chi connectivity index (χ1) is 13.0. The van der Waals surface area contributed by atoms with Gasteiger partial charge in [0, 0.05) is 36.3 Å². The van der Waals surface area contributed by atoms with Gasteiger partial charge in [-0.05, 0) is 37.4 Å². The molecule has 1 saturated carbocycles. The summed E-state index contributed by atoms with van der Waals surface area (Å²) in [5, 5.41) is 0.881. The maximum atomic E-state index is 12.7. The van der Waals surface area contributed by atoms with E-state index in [0.717, 1.165) is 10.9 Å². The van der Waals surface area contributed by atoms with Gasteiger partial charge in [0.2, 0.25) is 0 Å². The molecule has 27 heavy (non-hydrogen) atoms. The van der Waals surface area contributed by atoms with Crippen LogP contribution in [-0.2, 0) is 14.3 Å². The SMILES string of the molecule is CCOC(CCCN)=C1C(=O)CC(c2cc3ccccc3[nH]c2=O)CC1=O. The molecule has 1 aliphatic carbocycles. The maximum Gasteiger partial charge on any atom is 0.251 e. The number of pyridine rings is 1. The topological polar surface area (TPSA) is 102 Å². The van der Waals surface area contributed by atoms with Crippen molar-refractivity contribution in [3.63, 3.8) is 0 Å². The number of hydrogen-bond donors (Lipinski definition) is 2. The van der Waals surface area contributed by atoms with Crippen LogP contribution < -0.4 is 11.3 Å². The molecule has 1 aromatic carbocycles. The van der Waals surface area contributed by atoms with Crippen molar-refractivity contribution in [3.05, 3.63) is 57.6 Å². The molecule has 0 radical (unpaired) electrons. The van der Waals surface area contributed by atoms with Gasteiger partial charge in [0.25, 0.3) is 5.56 Å². The molecule has 1 aromatic heterocycles. The molecule has 6 nitrogen and oxygen atoms in total. The average molecular weight is 368 g/mol. The predicted octanol–water partition coefficient (Wildman–Crippen LogP) is 2.57. The van der Waals surface area contributed by atoms with E-state index in [2.05, 4.69) is 4.98 Å². The monoisotopic (exact) mass is 368 g/mol. The van der Waals surface area contributed by atoms with Crippen molar-refractivity contribution >= 4 is 22.5 Å². The van der Waals surface area contributed by atoms with E-state index in [4.69, 9.17) is 10.5 Å². The number of nitrogens with one attached hydrogen (secondary N) is 1. The zero-order valence-corrected chi connectivity index (χ0v) is 15.4. The summed E-state index contributed by atoms with van der Waals surface area (Å²) in [7, 11) is 0. The van der Waals surface area contributed by atoms with Crippen LogP contribution in [0.1, 0.15) is 44.1 Å². The molecule has 2 aromatic rings. The van der Waals surface area contributed by atoms with Gasteiger partial charge >= 0.3 is 0 Å². The van der Waals surface area contributed by atoms with Crippen molar-refractivity contribution in [2.75, 3.05) is 13.2 Å². The molecular formula is C21H24N2O4. The molecule has 3 N–H and O–H groups in total. The number of carbonyl (C=O) groups is 2. The highest BCUT2D eigenvalue weighted by molar-refractivity contribution is 6.22. The summed E-state index contributed by atoms with van der Waals surface area (Å²) in [5.41, 5.74) is 6.66. The van der Waals surface area contributed by atoms with E-state index >= 15 is 0 Å². The first-order valence-electron chi connectivity index (χ1n) is 9.29. The minimum absolute atomic E-state index is 0.127. The number of benzene rings is 1. The molecule has 0 unspecified atom stereocenters. The first kappa shape index (κ1) is 19.0. The van der Waals surface area contributed by atoms with Crippen LogP contribution in [0.4, 0.5) is 0 Å². The highest BCUT2D eigenvalue weighted by Gasteiger charge is 2.35. The Morgan fingerprint density at radius 1 is 1.19 bits per heavy atom. The van der Waals surface area contributed by atoms with E-state index in [1.807, 2.05) is 31.2 Å². The van der Waals surface area contributed by atoms with Crippen molar-refractivity contribution in [2.24, 2.45) is 5.73 Å². The van der Waals surface area contributed by atoms with E-state index in [1.165, 1.54) is 0 Å². The zero-order valence-electron chi connectivity index (χ0n) is 15.4. The summed E-state index contributed by atoms with van der Waals surface area (Å²) in [4.78, 5) is 40.8. The van der Waals surface area contributed by atoms with E-state index in [1.54, 1.807) is 6.07 Å². The highest BCUT2D eigenvalue weighted by atomic mass is 16.5. The Morgan fingerprint density at radius 2 is 1.89 bits per heavy atom. The molecule has 1 aliphatic rings. The summed E-state index contributed by atoms with van der Waals surface area (Å²) in [6.45, 7) is 2.66. The van der Waals surface area contributed by atoms with Gasteiger partial charge in [-0.1, -0.05) is 18.2 Å². The lowest BCUT2D eigenvalue weighted by molar-refractivity contribution is -0.124. The summed E-state index contributed by atoms with van der Waals surface area (Å²) in [6, 6.07) is 9.23. The van der Waals surface area contributed by atoms with Gasteiger partial charge in [0.15, 0.2) is 11.6 Å². The molecule has 1 heterocycles. The van der Waals surface area contributed by atoms with E-state index in [0.29, 0.717) is 37.3 Å². The van der Waals surface area contributed by atoms with Crippen LogP contribution in [0.15, 0.2) is 46.5 Å². The van der Waals surface area contributed by atoms with Gasteiger partial charge in [-0.15, -0.1) is 0 Å². The summed E-state index contributed by atoms with van der Waals surface area (Å²) in [5.74, 6) is -0.503. The molecule has 6 heteroatoms. The quantitative estimate of drug-likeness (QED) is 0.463. The first-order valence-corrected chi connectivity index (χ1v) is 9.29. The average Bonchev–Trinajstić information content (AvgIpc) is 2.64. The van der Waals surface area contributed by atoms with Crippen LogP contribution in [0.5, 0.6) is 0 Å². The van der Waals surface area contributed by atoms with E-state index < -0.39 is 5.92 Å². The normalized spacial score (nSPS) is 17.4. The van der Waals surface area contributed by atoms with Crippen molar-refractivity contribution in [1.82, 2.24) is 4.98 Å². The number of ketones is 2. The van der Waals surface area contributed by atoms with Crippen LogP contribution >= 0.6 is 0 Å². The number of allylic oxidation sites excluding steroid dienone is 2. The maximum absolute atomic E-state index is 12.7. The Labute approximate surface area is 157 Å². The third-order valence-corrected chi connectivity index (χ3v) is 4.85. The molecular weight excluding hydrogens is 344 g/mol. The number of Topliss-reactive ketones (excluding diaryl/α,β-unsaturated/α-hetero) is 2. The number of aromatic nitrogens is 1. The number of hydrogen-bond acceptors (Lipinski definition) is 5. The fourth-order valence-electron chi connectivity index (χ4n) is 3.58. The van der Waals surface area contributed by atoms with Crippen LogP contribution in [0.3, 0.4) is 0 Å². The number of aromatic amines is 1. The van der Waals surface area contributed by atoms with Crippen LogP contribution in [0, 0.1) is 0 Å². The lowest BCUT2D eigenvalue weighted by atomic mass is 9.79. The second kappa shape index (κ2) is 8.31. The fourth-order valence-corrected chi connectivity index (χ4v) is 3.58. The number of rotatable bonds is 6. The van der Waals surface area contributed by atoms with Crippen LogP contribution in [0.2, 0.25) is 0 Å². The molecule has 0 saturated heterocycles. The molecule has 0 amide bonds. The lowest BCUT2D eigenvalue weighted by Gasteiger charge is -2.24. The Bertz CT molecular complexity index is 938. The molecule has 142 valence electrons. The van der Waals surface area contributed by atoms with Gasteiger partial charge < -0.3 is 15.5 Å². The van der Waals surface area contributed by atoms with Gasteiger partial charge in [-0.25, -0.2) is 0 Å². The van der Waals surface area contributed by atoms with Crippen molar-refractivity contribution in [3.8, 4) is 0 Å². The van der Waals surface area contributed by atoms with Crippen molar-refractivity contribution in [2.45, 2.75) is 38.5 Å². The second-order valence-electron chi connectivity index (χ2n) is 6.72. The van der Waals surface area contributed by atoms with Gasteiger partial charge in [-0.2, -0.15) is 0 Å². The summed E-state index contributed by atoms with van der Waals surface area (Å²) < 4.78 is 5.56. The van der Waals surface area contributed by atoms with Gasteiger partial charge in [0.05, 0.1) is 12.2 Å². The van der Waals surface area contributed by atoms with Crippen molar-refractivity contribution < 1.29 is 14.3 Å². The minimum atomic E-state index is -0.417. The smallest absolute Gasteiger partial charge is 0.251 e. The Balaban J connectivity index is 1.93. The molecule has 0 spiro atoms. The second-order valence-corrected chi connectivity index (χ2v) is 6.72. The Morgan fingerprint density at radius 3 is 2.56 bits per heavy atom. The minimum Gasteiger partial charge on any atom is -0.497 e. The third-order valence-electron chi connectivity index (χ3n) is 4.85. The van der Waals surface area contributed by atoms with E-state index in [-0.39, 0.29) is 35.5 Å². The fraction of sp³-hybridized carbons (Fsp3) is 0.381. The lowest BCUT2D eigenvalue weighted by Crippen LogP contribution is -2.29. The molecule has 3 rings (SSSR count). The number of fused-ring (bicyclic) bond motifs is 1. The Kier molecular flexibility index (Phi) is 5.86. The van der Waals surface area contributed by atoms with Crippen molar-refractivity contribution in [1.29, 1.82) is 0 Å². The van der Waals surface area contributed by atoms with Gasteiger partial charge in [-0.3, -0.25) is 14.4 Å². The molecule has 0 atom stereocenters. The van der Waals surface area contributed by atoms with E-state index in [9.17, 15) is 14.4 Å². The number of nitrogens with two attached hydrogens (primary N) is 1. The number of carbonyl (C=O) groups excluding carboxylic acids is 2. The Hall–Kier alpha value is -2.73. The molecule has 0 bridgehead atoms. The number of para-hydroxylation sites is 1. The van der Waals surface area contributed by atoms with Crippen LogP contribution in [0.25, 0.3) is 10.9 Å². The zero-order chi connectivity index (χ0) is 19.4. The van der Waals surface area contributed by atoms with Gasteiger partial charge in [0.1, 0.15) is 5.76 Å². The summed E-state index contributed by atoms with van der Waals surface area (Å²) >= 11 is 0. The summed E-state index contributed by atoms with van der Waals surface area (Å²) in [6.07, 6.45) is 1.37. The predicted molar refractivity (Wildman–Crippen MR) is 103 cm³/mol. The molecule has 1 fully saturated rings. The largest absolute Gasteiger partial charge is 0.497 e. The highest BCUT2D eigenvalue weighted by Crippen LogP contribution is 2.33. The third kappa shape index (κ3) is 4.01. The van der Waals surface area contributed by atoms with Crippen LogP contribution in [-0.4, -0.2) is 29.7 Å². The number of H-pyrrole nitrogens is 1.